The number of aromatic nitrogens is 4. The largest absolute Gasteiger partial charge is 0.437 e. The lowest BCUT2D eigenvalue weighted by molar-refractivity contribution is -0.141. The van der Waals surface area contributed by atoms with Gasteiger partial charge in [-0.25, -0.2) is 19.9 Å². The number of carbonyl (C=O) groups excluding carboxylic acids is 1. The fourth-order valence-corrected chi connectivity index (χ4v) is 5.73. The van der Waals surface area contributed by atoms with Crippen LogP contribution in [0.3, 0.4) is 0 Å². The Morgan fingerprint density at radius 3 is 2.80 bits per heavy atom. The molecule has 0 aliphatic carbocycles. The summed E-state index contributed by atoms with van der Waals surface area (Å²) in [6, 6.07) is 9.73. The van der Waals surface area contributed by atoms with Gasteiger partial charge in [0.1, 0.15) is 23.4 Å². The predicted molar refractivity (Wildman–Crippen MR) is 152 cm³/mol. The van der Waals surface area contributed by atoms with Crippen molar-refractivity contribution >= 4 is 38.4 Å². The molecule has 3 aromatic heterocycles. The molecule has 13 heteroatoms. The molecular formula is C28H30F3N7O2S. The number of anilines is 2. The number of benzene rings is 1. The highest BCUT2D eigenvalue weighted by atomic mass is 32.1. The molecular weight excluding hydrogens is 555 g/mol. The maximum absolute atomic E-state index is 13.5. The number of halogens is 3. The number of carbonyl (C=O) groups is 1. The number of nitrogens with one attached hydrogen (secondary N) is 2. The van der Waals surface area contributed by atoms with Crippen LogP contribution in [0.15, 0.2) is 42.7 Å². The van der Waals surface area contributed by atoms with Crippen LogP contribution in [0.5, 0.6) is 11.6 Å². The standard InChI is InChI=1S/C28H30F3N7O2S/c1-17-7-3-4-13-38(17)14-6-12-32-26-19(10-11-23(36-26)28(29,30)31)20-15-24(34-16-33-20)40-21-8-5-9-22-25(21)37-27(41-22)35-18(2)39/h5,8-11,15-17H,3-4,6-7,12-14H2,1-2H3,(H,32,36)(H,35,37,39)/t17-/m1/s1. The Balaban J connectivity index is 1.37. The van der Waals surface area contributed by atoms with Crippen molar-refractivity contribution in [1.82, 2.24) is 24.8 Å². The van der Waals surface area contributed by atoms with Crippen LogP contribution in [0.2, 0.25) is 0 Å². The first-order valence-electron chi connectivity index (χ1n) is 13.4. The number of pyridine rings is 1. The summed E-state index contributed by atoms with van der Waals surface area (Å²) in [5.74, 6) is 0.456. The summed E-state index contributed by atoms with van der Waals surface area (Å²) < 4.78 is 47.4. The normalized spacial score (nSPS) is 16.1. The summed E-state index contributed by atoms with van der Waals surface area (Å²) in [6.07, 6.45) is 1.03. The molecule has 4 aromatic rings. The highest BCUT2D eigenvalue weighted by Gasteiger charge is 2.33. The van der Waals surface area contributed by atoms with E-state index in [4.69, 9.17) is 4.74 Å². The maximum Gasteiger partial charge on any atom is 0.433 e. The zero-order chi connectivity index (χ0) is 29.0. The van der Waals surface area contributed by atoms with E-state index in [0.717, 1.165) is 36.7 Å². The molecule has 0 bridgehead atoms. The summed E-state index contributed by atoms with van der Waals surface area (Å²) in [7, 11) is 0. The Morgan fingerprint density at radius 2 is 2.02 bits per heavy atom. The number of ether oxygens (including phenoxy) is 1. The molecule has 9 nitrogen and oxygen atoms in total. The van der Waals surface area contributed by atoms with Crippen LogP contribution >= 0.6 is 11.3 Å². The first-order chi connectivity index (χ1) is 19.7. The minimum absolute atomic E-state index is 0.0951. The van der Waals surface area contributed by atoms with Crippen molar-refractivity contribution in [2.45, 2.75) is 51.7 Å². The van der Waals surface area contributed by atoms with Gasteiger partial charge in [0.25, 0.3) is 0 Å². The van der Waals surface area contributed by atoms with Crippen molar-refractivity contribution in [3.05, 3.63) is 48.4 Å². The van der Waals surface area contributed by atoms with E-state index < -0.39 is 11.9 Å². The van der Waals surface area contributed by atoms with Gasteiger partial charge in [-0.3, -0.25) is 4.79 Å². The van der Waals surface area contributed by atoms with Crippen LogP contribution in [0.4, 0.5) is 24.1 Å². The number of thiazole rings is 1. The van der Waals surface area contributed by atoms with Crippen molar-refractivity contribution < 1.29 is 22.7 Å². The minimum atomic E-state index is -4.58. The van der Waals surface area contributed by atoms with Crippen LogP contribution in [0.25, 0.3) is 21.5 Å². The van der Waals surface area contributed by atoms with E-state index in [1.54, 1.807) is 18.2 Å². The number of piperidine rings is 1. The van der Waals surface area contributed by atoms with Gasteiger partial charge >= 0.3 is 6.18 Å². The number of fused-ring (bicyclic) bond motifs is 1. The summed E-state index contributed by atoms with van der Waals surface area (Å²) in [6.45, 7) is 5.98. The van der Waals surface area contributed by atoms with Crippen LogP contribution < -0.4 is 15.4 Å². The van der Waals surface area contributed by atoms with E-state index in [1.165, 1.54) is 43.5 Å². The van der Waals surface area contributed by atoms with E-state index in [-0.39, 0.29) is 17.6 Å². The van der Waals surface area contributed by atoms with Gasteiger partial charge in [0.05, 0.1) is 10.4 Å². The highest BCUT2D eigenvalue weighted by molar-refractivity contribution is 7.22. The Kier molecular flexibility index (Phi) is 8.64. The fourth-order valence-electron chi connectivity index (χ4n) is 4.80. The third-order valence-electron chi connectivity index (χ3n) is 6.84. The van der Waals surface area contributed by atoms with Crippen LogP contribution in [0.1, 0.15) is 45.2 Å². The third-order valence-corrected chi connectivity index (χ3v) is 7.77. The van der Waals surface area contributed by atoms with Crippen molar-refractivity contribution in [2.24, 2.45) is 0 Å². The molecule has 1 aromatic carbocycles. The van der Waals surface area contributed by atoms with E-state index in [1.807, 2.05) is 6.07 Å². The topological polar surface area (TPSA) is 105 Å². The van der Waals surface area contributed by atoms with Gasteiger partial charge in [0.2, 0.25) is 11.8 Å². The van der Waals surface area contributed by atoms with Gasteiger partial charge in [-0.1, -0.05) is 23.8 Å². The third kappa shape index (κ3) is 7.09. The minimum Gasteiger partial charge on any atom is -0.437 e. The zero-order valence-corrected chi connectivity index (χ0v) is 23.5. The number of nitrogens with zero attached hydrogens (tertiary/aromatic N) is 5. The molecule has 0 radical (unpaired) electrons. The molecule has 2 N–H and O–H groups in total. The van der Waals surface area contributed by atoms with Crippen LogP contribution in [-0.4, -0.2) is 56.4 Å². The number of hydrogen-bond donors (Lipinski definition) is 2. The van der Waals surface area contributed by atoms with Gasteiger partial charge in [-0.2, -0.15) is 13.2 Å². The molecule has 0 unspecified atom stereocenters. The molecule has 0 spiro atoms. The van der Waals surface area contributed by atoms with Crippen LogP contribution in [0, 0.1) is 0 Å². The number of likely N-dealkylation sites (tertiary alicyclic amines) is 1. The Morgan fingerprint density at radius 1 is 1.17 bits per heavy atom. The molecule has 1 aliphatic heterocycles. The Hall–Kier alpha value is -3.84. The predicted octanol–water partition coefficient (Wildman–Crippen LogP) is 6.59. The molecule has 4 heterocycles. The van der Waals surface area contributed by atoms with Crippen molar-refractivity contribution in [1.29, 1.82) is 0 Å². The Bertz CT molecular complexity index is 1530. The summed E-state index contributed by atoms with van der Waals surface area (Å²) in [4.78, 5) is 30.7. The van der Waals surface area contributed by atoms with Crippen molar-refractivity contribution in [2.75, 3.05) is 30.3 Å². The summed E-state index contributed by atoms with van der Waals surface area (Å²) in [5.41, 5.74) is 0.316. The summed E-state index contributed by atoms with van der Waals surface area (Å²) in [5, 5.41) is 6.22. The smallest absolute Gasteiger partial charge is 0.433 e. The monoisotopic (exact) mass is 585 g/mol. The second kappa shape index (κ2) is 12.4. The van der Waals surface area contributed by atoms with Gasteiger partial charge < -0.3 is 20.3 Å². The molecule has 1 saturated heterocycles. The number of para-hydroxylation sites is 1. The van der Waals surface area contributed by atoms with Crippen LogP contribution in [-0.2, 0) is 11.0 Å². The number of amides is 1. The second-order valence-electron chi connectivity index (χ2n) is 9.90. The molecule has 216 valence electrons. The van der Waals surface area contributed by atoms with Gasteiger partial charge in [0, 0.05) is 37.7 Å². The molecule has 5 rings (SSSR count). The fraction of sp³-hybridized carbons (Fsp3) is 0.393. The van der Waals surface area contributed by atoms with Gasteiger partial charge in [0.15, 0.2) is 10.9 Å². The Labute approximate surface area is 239 Å². The molecule has 41 heavy (non-hydrogen) atoms. The number of hydrogen-bond acceptors (Lipinski definition) is 9. The number of rotatable bonds is 9. The quantitative estimate of drug-likeness (QED) is 0.212. The molecule has 1 aliphatic rings. The SMILES string of the molecule is CC(=O)Nc1nc2c(Oc3cc(-c4ccc(C(F)(F)F)nc4NCCCN4CCCC[C@H]4C)ncn3)cccc2s1. The van der Waals surface area contributed by atoms with E-state index in [9.17, 15) is 18.0 Å². The highest BCUT2D eigenvalue weighted by Crippen LogP contribution is 2.36. The van der Waals surface area contributed by atoms with E-state index >= 15 is 0 Å². The average Bonchev–Trinajstić information content (AvgIpc) is 3.34. The van der Waals surface area contributed by atoms with Gasteiger partial charge in [-0.05, 0) is 57.0 Å². The molecule has 1 amide bonds. The lowest BCUT2D eigenvalue weighted by Gasteiger charge is -2.33. The maximum atomic E-state index is 13.5. The van der Waals surface area contributed by atoms with Crippen molar-refractivity contribution in [3.63, 3.8) is 0 Å². The molecule has 0 saturated carbocycles. The van der Waals surface area contributed by atoms with E-state index in [2.05, 4.69) is 42.4 Å². The van der Waals surface area contributed by atoms with Gasteiger partial charge in [-0.15, -0.1) is 0 Å². The number of alkyl halides is 3. The summed E-state index contributed by atoms with van der Waals surface area (Å²) >= 11 is 1.31. The molecule has 1 atom stereocenters. The first kappa shape index (κ1) is 28.7. The lowest BCUT2D eigenvalue weighted by atomic mass is 10.0. The van der Waals surface area contributed by atoms with Crippen molar-refractivity contribution in [3.8, 4) is 22.9 Å². The average molecular weight is 586 g/mol. The lowest BCUT2D eigenvalue weighted by Crippen LogP contribution is -2.38. The second-order valence-corrected chi connectivity index (χ2v) is 10.9. The molecule has 1 fully saturated rings. The zero-order valence-electron chi connectivity index (χ0n) is 22.7. The van der Waals surface area contributed by atoms with E-state index in [0.29, 0.717) is 40.2 Å². The first-order valence-corrected chi connectivity index (χ1v) is 14.2.